The highest BCUT2D eigenvalue weighted by molar-refractivity contribution is 5.71. The third-order valence-electron chi connectivity index (χ3n) is 2.39. The molecular formula is C12H22O2. The molecule has 0 amide bonds. The van der Waals surface area contributed by atoms with E-state index in [0.717, 1.165) is 19.3 Å². The second-order valence-corrected chi connectivity index (χ2v) is 4.27. The zero-order valence-corrected chi connectivity index (χ0v) is 9.80. The zero-order chi connectivity index (χ0) is 11.1. The molecule has 0 aliphatic carbocycles. The molecule has 0 bridgehead atoms. The number of carbonyl (C=O) groups excluding carboxylic acids is 1. The van der Waals surface area contributed by atoms with Gasteiger partial charge in [-0.25, -0.2) is 0 Å². The molecule has 2 heteroatoms. The van der Waals surface area contributed by atoms with E-state index in [-0.39, 0.29) is 11.9 Å². The van der Waals surface area contributed by atoms with Gasteiger partial charge in [0, 0.05) is 0 Å². The largest absolute Gasteiger partial charge is 0.469 e. The average Bonchev–Trinajstić information content (AvgIpc) is 2.11. The van der Waals surface area contributed by atoms with Crippen molar-refractivity contribution in [1.29, 1.82) is 0 Å². The number of allylic oxidation sites excluding steroid dienone is 1. The van der Waals surface area contributed by atoms with E-state index in [9.17, 15) is 4.79 Å². The fraction of sp³-hybridized carbons (Fsp3) is 0.750. The maximum atomic E-state index is 11.1. The molecule has 14 heavy (non-hydrogen) atoms. The van der Waals surface area contributed by atoms with Crippen LogP contribution in [-0.2, 0) is 9.53 Å². The maximum absolute atomic E-state index is 11.1. The second kappa shape index (κ2) is 6.63. The number of ether oxygens (including phenoxy) is 1. The molecule has 0 aromatic carbocycles. The summed E-state index contributed by atoms with van der Waals surface area (Å²) in [6.45, 7) is 10.0. The molecule has 0 rings (SSSR count). The molecule has 0 N–H and O–H groups in total. The van der Waals surface area contributed by atoms with Crippen LogP contribution < -0.4 is 0 Å². The van der Waals surface area contributed by atoms with Gasteiger partial charge in [0.2, 0.25) is 0 Å². The van der Waals surface area contributed by atoms with Gasteiger partial charge in [-0.05, 0) is 32.1 Å². The lowest BCUT2D eigenvalue weighted by Gasteiger charge is -2.13. The van der Waals surface area contributed by atoms with E-state index in [1.807, 2.05) is 13.8 Å². The van der Waals surface area contributed by atoms with Crippen LogP contribution in [0.5, 0.6) is 0 Å². The molecule has 82 valence electrons. The Hall–Kier alpha value is -0.790. The Morgan fingerprint density at radius 3 is 2.36 bits per heavy atom. The molecule has 0 saturated heterocycles. The van der Waals surface area contributed by atoms with E-state index in [1.54, 1.807) is 0 Å². The smallest absolute Gasteiger partial charge is 0.308 e. The van der Waals surface area contributed by atoms with E-state index < -0.39 is 0 Å². The van der Waals surface area contributed by atoms with Crippen molar-refractivity contribution in [3.05, 3.63) is 12.2 Å². The summed E-state index contributed by atoms with van der Waals surface area (Å²) in [6.07, 6.45) is 3.01. The van der Waals surface area contributed by atoms with Gasteiger partial charge < -0.3 is 4.74 Å². The highest BCUT2D eigenvalue weighted by Gasteiger charge is 2.14. The average molecular weight is 198 g/mol. The summed E-state index contributed by atoms with van der Waals surface area (Å²) in [7, 11) is 1.44. The van der Waals surface area contributed by atoms with Crippen LogP contribution in [0.2, 0.25) is 0 Å². The van der Waals surface area contributed by atoms with E-state index in [0.29, 0.717) is 5.92 Å². The lowest BCUT2D eigenvalue weighted by molar-refractivity contribution is -0.145. The summed E-state index contributed by atoms with van der Waals surface area (Å²) in [5, 5.41) is 0. The van der Waals surface area contributed by atoms with Crippen LogP contribution >= 0.6 is 0 Å². The van der Waals surface area contributed by atoms with Crippen molar-refractivity contribution in [2.75, 3.05) is 7.11 Å². The number of carbonyl (C=O) groups is 1. The molecular weight excluding hydrogens is 176 g/mol. The fourth-order valence-corrected chi connectivity index (χ4v) is 1.55. The molecule has 0 aliphatic rings. The van der Waals surface area contributed by atoms with Gasteiger partial charge >= 0.3 is 5.97 Å². The summed E-state index contributed by atoms with van der Waals surface area (Å²) in [6, 6.07) is 0. The Kier molecular flexibility index (Phi) is 6.26. The van der Waals surface area contributed by atoms with Gasteiger partial charge in [-0.3, -0.25) is 4.79 Å². The first-order chi connectivity index (χ1) is 6.47. The molecule has 0 aliphatic heterocycles. The highest BCUT2D eigenvalue weighted by Crippen LogP contribution is 2.18. The van der Waals surface area contributed by atoms with Crippen molar-refractivity contribution in [1.82, 2.24) is 0 Å². The van der Waals surface area contributed by atoms with Crippen LogP contribution in [0, 0.1) is 11.8 Å². The van der Waals surface area contributed by atoms with Gasteiger partial charge in [-0.1, -0.05) is 19.4 Å². The van der Waals surface area contributed by atoms with Gasteiger partial charge in [0.05, 0.1) is 13.0 Å². The van der Waals surface area contributed by atoms with E-state index in [1.165, 1.54) is 12.7 Å². The summed E-state index contributed by atoms with van der Waals surface area (Å²) < 4.78 is 4.67. The molecule has 0 aromatic heterocycles. The van der Waals surface area contributed by atoms with Crippen molar-refractivity contribution >= 4 is 5.97 Å². The topological polar surface area (TPSA) is 26.3 Å². The lowest BCUT2D eigenvalue weighted by Crippen LogP contribution is -2.13. The van der Waals surface area contributed by atoms with Crippen LogP contribution in [-0.4, -0.2) is 13.1 Å². The Labute approximate surface area is 87.3 Å². The number of methoxy groups -OCH3 is 1. The number of esters is 1. The van der Waals surface area contributed by atoms with Gasteiger partial charge in [0.25, 0.3) is 0 Å². The summed E-state index contributed by atoms with van der Waals surface area (Å²) >= 11 is 0. The van der Waals surface area contributed by atoms with Gasteiger partial charge in [0.1, 0.15) is 0 Å². The first-order valence-electron chi connectivity index (χ1n) is 5.19. The van der Waals surface area contributed by atoms with Crippen LogP contribution in [0.25, 0.3) is 0 Å². The van der Waals surface area contributed by atoms with Crippen LogP contribution in [0.3, 0.4) is 0 Å². The minimum Gasteiger partial charge on any atom is -0.469 e. The van der Waals surface area contributed by atoms with Crippen LogP contribution in [0.1, 0.15) is 40.0 Å². The highest BCUT2D eigenvalue weighted by atomic mass is 16.5. The summed E-state index contributed by atoms with van der Waals surface area (Å²) in [5.74, 6) is 0.528. The number of hydrogen-bond donors (Lipinski definition) is 0. The third-order valence-corrected chi connectivity index (χ3v) is 2.39. The molecule has 0 spiro atoms. The lowest BCUT2D eigenvalue weighted by atomic mass is 9.94. The van der Waals surface area contributed by atoms with Crippen LogP contribution in [0.4, 0.5) is 0 Å². The normalized spacial score (nSPS) is 14.6. The Morgan fingerprint density at radius 2 is 1.93 bits per heavy atom. The quantitative estimate of drug-likeness (QED) is 0.484. The predicted octanol–water partition coefficient (Wildman–Crippen LogP) is 3.18. The maximum Gasteiger partial charge on any atom is 0.308 e. The molecule has 2 nitrogen and oxygen atoms in total. The molecule has 0 aromatic rings. The molecule has 0 saturated carbocycles. The van der Waals surface area contributed by atoms with Crippen molar-refractivity contribution in [3.8, 4) is 0 Å². The molecule has 0 heterocycles. The summed E-state index contributed by atoms with van der Waals surface area (Å²) in [4.78, 5) is 11.1. The Bertz CT molecular complexity index is 196. The molecule has 2 unspecified atom stereocenters. The van der Waals surface area contributed by atoms with E-state index >= 15 is 0 Å². The molecule has 0 fully saturated rings. The standard InChI is InChI=1S/C12H22O2/c1-9(2)8-10(3)6-7-11(4)12(13)14-5/h10-11H,1,6-8H2,2-5H3. The van der Waals surface area contributed by atoms with Crippen molar-refractivity contribution in [3.63, 3.8) is 0 Å². The van der Waals surface area contributed by atoms with Crippen LogP contribution in [0.15, 0.2) is 12.2 Å². The first kappa shape index (κ1) is 13.2. The third kappa shape index (κ3) is 5.79. The van der Waals surface area contributed by atoms with Gasteiger partial charge in [-0.2, -0.15) is 0 Å². The minimum atomic E-state index is -0.104. The fourth-order valence-electron chi connectivity index (χ4n) is 1.55. The van der Waals surface area contributed by atoms with Crippen molar-refractivity contribution in [2.24, 2.45) is 11.8 Å². The van der Waals surface area contributed by atoms with E-state index in [2.05, 4.69) is 18.2 Å². The van der Waals surface area contributed by atoms with Gasteiger partial charge in [0.15, 0.2) is 0 Å². The Balaban J connectivity index is 3.71. The van der Waals surface area contributed by atoms with Gasteiger partial charge in [-0.15, -0.1) is 6.58 Å². The van der Waals surface area contributed by atoms with E-state index in [4.69, 9.17) is 0 Å². The molecule has 0 radical (unpaired) electrons. The second-order valence-electron chi connectivity index (χ2n) is 4.27. The zero-order valence-electron chi connectivity index (χ0n) is 9.80. The Morgan fingerprint density at radius 1 is 1.36 bits per heavy atom. The van der Waals surface area contributed by atoms with Crippen molar-refractivity contribution < 1.29 is 9.53 Å². The minimum absolute atomic E-state index is 0.0209. The number of rotatable bonds is 6. The number of hydrogen-bond acceptors (Lipinski definition) is 2. The molecule has 2 atom stereocenters. The first-order valence-corrected chi connectivity index (χ1v) is 5.19. The predicted molar refractivity (Wildman–Crippen MR) is 59.0 cm³/mol. The monoisotopic (exact) mass is 198 g/mol. The SMILES string of the molecule is C=C(C)CC(C)CCC(C)C(=O)OC. The van der Waals surface area contributed by atoms with Crippen molar-refractivity contribution in [2.45, 2.75) is 40.0 Å². The summed E-state index contributed by atoms with van der Waals surface area (Å²) in [5.41, 5.74) is 1.21.